The third-order valence-electron chi connectivity index (χ3n) is 11.1. The van der Waals surface area contributed by atoms with E-state index in [1.165, 1.54) is 6.07 Å². The molecule has 0 amide bonds. The summed E-state index contributed by atoms with van der Waals surface area (Å²) in [4.78, 5) is 27.3. The van der Waals surface area contributed by atoms with E-state index in [2.05, 4.69) is 25.4 Å². The van der Waals surface area contributed by atoms with Gasteiger partial charge in [-0.05, 0) is 129 Å². The standard InChI is InChI=1S/C26H27NO6S2.C19H22BrNO4S2/c1-24(2,3)33-23(28)26(15-25(26,4)18-8-6-5-7-9-18)27-35(29,30)22-13-12-21(34-22)17-10-11-19-20(14-17)32-16-31-19;1-17(2,3)25-16(22)19(12-18(19,4)13-8-6-5-7-9-13)21-27(23,24)15-11-10-14(20)26-15/h5-14,27H,15-16H2,1-4H3;5-11,21H,12H2,1-4H3/t25?,26-;18?,19-/m11/s1. The Kier molecular flexibility index (Phi) is 12.0. The molecule has 2 aliphatic carbocycles. The van der Waals surface area contributed by atoms with Crippen LogP contribution in [0.3, 0.4) is 0 Å². The number of hydrogen-bond donors (Lipinski definition) is 2. The van der Waals surface area contributed by atoms with Crippen molar-refractivity contribution in [1.82, 2.24) is 9.44 Å². The SMILES string of the molecule is CC(C)(C)OC(=O)[C@]1(NS(=O)(=O)c2ccc(-c3ccc4c(c3)OCO4)s2)CC1(C)c1ccccc1.CC(C)(C)OC(=O)[C@]1(NS(=O)(=O)c2ccc(Br)s2)CC1(C)c1ccccc1. The summed E-state index contributed by atoms with van der Waals surface area (Å²) in [5, 5.41) is 0. The molecular formula is C45H49BrN2O10S4. The quantitative estimate of drug-likeness (QED) is 0.122. The first-order chi connectivity index (χ1) is 28.8. The van der Waals surface area contributed by atoms with Crippen molar-refractivity contribution in [3.63, 3.8) is 0 Å². The molecule has 0 bridgehead atoms. The van der Waals surface area contributed by atoms with Gasteiger partial charge in [-0.2, -0.15) is 9.44 Å². The summed E-state index contributed by atoms with van der Waals surface area (Å²) in [5.74, 6) is 0.153. The van der Waals surface area contributed by atoms with E-state index in [9.17, 15) is 26.4 Å². The molecule has 0 radical (unpaired) electrons. The minimum Gasteiger partial charge on any atom is -0.459 e. The minimum absolute atomic E-state index is 0.121. The molecule has 2 fully saturated rings. The van der Waals surface area contributed by atoms with Crippen LogP contribution in [-0.2, 0) is 49.9 Å². The van der Waals surface area contributed by atoms with Crippen molar-refractivity contribution in [3.05, 3.63) is 118 Å². The number of esters is 2. The summed E-state index contributed by atoms with van der Waals surface area (Å²) in [5.41, 5.74) is -3.04. The number of ether oxygens (including phenoxy) is 4. The maximum absolute atomic E-state index is 13.6. The molecule has 4 atom stereocenters. The number of benzene rings is 3. The number of halogens is 1. The molecule has 62 heavy (non-hydrogen) atoms. The molecule has 5 aromatic rings. The van der Waals surface area contributed by atoms with Gasteiger partial charge in [-0.3, -0.25) is 0 Å². The van der Waals surface area contributed by atoms with Gasteiger partial charge in [-0.25, -0.2) is 26.4 Å². The summed E-state index contributed by atoms with van der Waals surface area (Å²) in [7, 11) is -7.90. The van der Waals surface area contributed by atoms with Crippen LogP contribution in [0.1, 0.15) is 79.4 Å². The van der Waals surface area contributed by atoms with Crippen molar-refractivity contribution in [1.29, 1.82) is 0 Å². The van der Waals surface area contributed by atoms with E-state index < -0.39 is 65.1 Å². The lowest BCUT2D eigenvalue weighted by atomic mass is 9.93. The molecule has 330 valence electrons. The van der Waals surface area contributed by atoms with Crippen LogP contribution in [0.4, 0.5) is 0 Å². The molecule has 1 aliphatic heterocycles. The maximum atomic E-state index is 13.6. The summed E-state index contributed by atoms with van der Waals surface area (Å²) in [6, 6.07) is 30.9. The topological polar surface area (TPSA) is 163 Å². The van der Waals surface area contributed by atoms with Crippen LogP contribution in [0.25, 0.3) is 10.4 Å². The summed E-state index contributed by atoms with van der Waals surface area (Å²) >= 11 is 5.51. The third-order valence-corrected chi connectivity index (χ3v) is 17.9. The lowest BCUT2D eigenvalue weighted by Gasteiger charge is -2.27. The number of rotatable bonds is 11. The van der Waals surface area contributed by atoms with Gasteiger partial charge in [-0.15, -0.1) is 22.7 Å². The van der Waals surface area contributed by atoms with Gasteiger partial charge in [-0.1, -0.05) is 74.5 Å². The first-order valence-electron chi connectivity index (χ1n) is 19.7. The van der Waals surface area contributed by atoms with Crippen molar-refractivity contribution in [3.8, 4) is 21.9 Å². The highest BCUT2D eigenvalue weighted by Crippen LogP contribution is 2.60. The normalized spacial score (nSPS) is 24.1. The average Bonchev–Trinajstić information content (AvgIpc) is 3.61. The van der Waals surface area contributed by atoms with Crippen LogP contribution in [0.15, 0.2) is 115 Å². The largest absolute Gasteiger partial charge is 0.459 e. The molecule has 0 spiro atoms. The van der Waals surface area contributed by atoms with Crippen molar-refractivity contribution in [2.45, 2.75) is 110 Å². The van der Waals surface area contributed by atoms with Crippen LogP contribution < -0.4 is 18.9 Å². The van der Waals surface area contributed by atoms with Gasteiger partial charge in [0.2, 0.25) is 6.79 Å². The number of fused-ring (bicyclic) bond motifs is 1. The van der Waals surface area contributed by atoms with Crippen molar-refractivity contribution in [2.75, 3.05) is 6.79 Å². The minimum atomic E-state index is -4.02. The molecule has 12 nitrogen and oxygen atoms in total. The molecular weight excluding hydrogens is 937 g/mol. The molecule has 2 aromatic heterocycles. The zero-order chi connectivity index (χ0) is 45.1. The van der Waals surface area contributed by atoms with E-state index in [1.54, 1.807) is 65.8 Å². The molecule has 8 rings (SSSR count). The highest BCUT2D eigenvalue weighted by Gasteiger charge is 2.74. The monoisotopic (exact) mass is 984 g/mol. The van der Waals surface area contributed by atoms with Crippen LogP contribution in [0, 0.1) is 0 Å². The zero-order valence-corrected chi connectivity index (χ0v) is 40.4. The number of nitrogens with one attached hydrogen (secondary N) is 2. The highest BCUT2D eigenvalue weighted by atomic mass is 79.9. The van der Waals surface area contributed by atoms with Crippen LogP contribution in [0.2, 0.25) is 0 Å². The van der Waals surface area contributed by atoms with Crippen molar-refractivity contribution < 1.29 is 45.4 Å². The van der Waals surface area contributed by atoms with Gasteiger partial charge < -0.3 is 18.9 Å². The molecule has 3 aromatic carbocycles. The number of sulfonamides is 2. The van der Waals surface area contributed by atoms with Crippen LogP contribution >= 0.6 is 38.6 Å². The van der Waals surface area contributed by atoms with E-state index in [-0.39, 0.29) is 15.2 Å². The van der Waals surface area contributed by atoms with E-state index in [0.717, 1.165) is 44.2 Å². The number of carbonyl (C=O) groups is 2. The van der Waals surface area contributed by atoms with Crippen LogP contribution in [0.5, 0.6) is 11.5 Å². The van der Waals surface area contributed by atoms with E-state index in [0.29, 0.717) is 28.1 Å². The molecule has 3 heterocycles. The molecule has 2 N–H and O–H groups in total. The Morgan fingerprint density at radius 1 is 0.629 bits per heavy atom. The van der Waals surface area contributed by atoms with Crippen molar-refractivity contribution in [2.24, 2.45) is 0 Å². The Morgan fingerprint density at radius 2 is 1.08 bits per heavy atom. The number of thiophene rings is 2. The fourth-order valence-corrected chi connectivity index (χ4v) is 13.9. The fraction of sp³-hybridized carbons (Fsp3) is 0.378. The van der Waals surface area contributed by atoms with Gasteiger partial charge in [0.25, 0.3) is 20.0 Å². The zero-order valence-electron chi connectivity index (χ0n) is 35.5. The van der Waals surface area contributed by atoms with E-state index >= 15 is 0 Å². The highest BCUT2D eigenvalue weighted by molar-refractivity contribution is 9.11. The average molecular weight is 986 g/mol. The summed E-state index contributed by atoms with van der Waals surface area (Å²) in [6.07, 6.45) is 0.642. The predicted octanol–water partition coefficient (Wildman–Crippen LogP) is 9.10. The predicted molar refractivity (Wildman–Crippen MR) is 243 cm³/mol. The smallest absolute Gasteiger partial charge is 0.328 e. The number of hydrogen-bond acceptors (Lipinski definition) is 12. The Hall–Kier alpha value is -4.10. The molecule has 2 saturated carbocycles. The maximum Gasteiger partial charge on any atom is 0.328 e. The summed E-state index contributed by atoms with van der Waals surface area (Å²) in [6.45, 7) is 14.6. The molecule has 2 unspecified atom stereocenters. The van der Waals surface area contributed by atoms with Gasteiger partial charge >= 0.3 is 11.9 Å². The fourth-order valence-electron chi connectivity index (χ4n) is 7.66. The van der Waals surface area contributed by atoms with Crippen LogP contribution in [-0.4, -0.2) is 57.8 Å². The second-order valence-corrected chi connectivity index (χ2v) is 25.4. The summed E-state index contributed by atoms with van der Waals surface area (Å²) < 4.78 is 81.5. The lowest BCUT2D eigenvalue weighted by Crippen LogP contribution is -2.50. The Labute approximate surface area is 379 Å². The van der Waals surface area contributed by atoms with Gasteiger partial charge in [0.05, 0.1) is 3.79 Å². The second kappa shape index (κ2) is 16.2. The first-order valence-corrected chi connectivity index (χ1v) is 25.1. The molecule has 17 heteroatoms. The van der Waals surface area contributed by atoms with Gasteiger partial charge in [0, 0.05) is 15.7 Å². The molecule has 0 saturated heterocycles. The Bertz CT molecular complexity index is 2730. The molecule has 3 aliphatic rings. The van der Waals surface area contributed by atoms with E-state index in [4.69, 9.17) is 18.9 Å². The Morgan fingerprint density at radius 3 is 1.53 bits per heavy atom. The van der Waals surface area contributed by atoms with Crippen molar-refractivity contribution >= 4 is 70.6 Å². The second-order valence-electron chi connectivity index (χ2n) is 18.0. The first kappa shape index (κ1) is 45.9. The Balaban J connectivity index is 0.000000193. The van der Waals surface area contributed by atoms with Gasteiger partial charge in [0.1, 0.15) is 30.7 Å². The lowest BCUT2D eigenvalue weighted by molar-refractivity contribution is -0.160. The van der Waals surface area contributed by atoms with Gasteiger partial charge in [0.15, 0.2) is 11.5 Å². The number of carbonyl (C=O) groups excluding carboxylic acids is 2. The van der Waals surface area contributed by atoms with E-state index in [1.807, 2.05) is 86.6 Å². The third kappa shape index (κ3) is 8.99.